The van der Waals surface area contributed by atoms with Gasteiger partial charge in [0.25, 0.3) is 0 Å². The maximum atomic E-state index is 12.5. The SMILES string of the molecule is CCCN(CCc1cccs1)[C@H]1CCc2c(cccc2OC(=O)CNC(=O)C(C)CC(C)C(N)=O)C1. The average molecular weight is 514 g/mol. The zero-order chi connectivity index (χ0) is 26.1. The van der Waals surface area contributed by atoms with Gasteiger partial charge in [-0.25, -0.2) is 4.79 Å². The molecule has 3 atom stereocenters. The van der Waals surface area contributed by atoms with Gasteiger partial charge in [-0.05, 0) is 73.7 Å². The van der Waals surface area contributed by atoms with E-state index in [0.29, 0.717) is 18.2 Å². The number of thiophene rings is 1. The number of carbonyl (C=O) groups excluding carboxylic acids is 3. The number of ether oxygens (including phenoxy) is 1. The number of hydrogen-bond acceptors (Lipinski definition) is 6. The molecule has 1 aliphatic carbocycles. The van der Waals surface area contributed by atoms with E-state index in [2.05, 4.69) is 40.7 Å². The Morgan fingerprint density at radius 1 is 1.17 bits per heavy atom. The van der Waals surface area contributed by atoms with Crippen LogP contribution in [0.1, 0.15) is 56.0 Å². The minimum atomic E-state index is -0.502. The number of rotatable bonds is 13. The van der Waals surface area contributed by atoms with Gasteiger partial charge in [0, 0.05) is 29.3 Å². The van der Waals surface area contributed by atoms with E-state index in [1.807, 2.05) is 23.5 Å². The van der Waals surface area contributed by atoms with E-state index in [1.165, 1.54) is 10.4 Å². The molecular formula is C28H39N3O4S. The molecule has 2 unspecified atom stereocenters. The Bertz CT molecular complexity index is 1020. The average Bonchev–Trinajstić information content (AvgIpc) is 3.38. The van der Waals surface area contributed by atoms with Gasteiger partial charge in [-0.15, -0.1) is 11.3 Å². The first-order chi connectivity index (χ1) is 17.3. The van der Waals surface area contributed by atoms with Crippen molar-refractivity contribution in [3.63, 3.8) is 0 Å². The lowest BCUT2D eigenvalue weighted by Crippen LogP contribution is -2.41. The van der Waals surface area contributed by atoms with E-state index >= 15 is 0 Å². The largest absolute Gasteiger partial charge is 0.425 e. The van der Waals surface area contributed by atoms with Gasteiger partial charge in [-0.1, -0.05) is 39.0 Å². The molecule has 0 saturated heterocycles. The minimum absolute atomic E-state index is 0.215. The predicted molar refractivity (Wildman–Crippen MR) is 143 cm³/mol. The summed E-state index contributed by atoms with van der Waals surface area (Å²) in [4.78, 5) is 40.0. The summed E-state index contributed by atoms with van der Waals surface area (Å²) in [6.07, 6.45) is 5.36. The summed E-state index contributed by atoms with van der Waals surface area (Å²) in [5.41, 5.74) is 7.59. The first kappa shape index (κ1) is 27.9. The van der Waals surface area contributed by atoms with Gasteiger partial charge in [-0.2, -0.15) is 0 Å². The van der Waals surface area contributed by atoms with E-state index in [4.69, 9.17) is 10.5 Å². The first-order valence-corrected chi connectivity index (χ1v) is 13.8. The third-order valence-corrected chi connectivity index (χ3v) is 7.87. The number of nitrogens with zero attached hydrogens (tertiary/aromatic N) is 1. The van der Waals surface area contributed by atoms with Crippen molar-refractivity contribution in [1.29, 1.82) is 0 Å². The van der Waals surface area contributed by atoms with Crippen molar-refractivity contribution in [1.82, 2.24) is 10.2 Å². The van der Waals surface area contributed by atoms with Crippen LogP contribution in [0, 0.1) is 11.8 Å². The predicted octanol–water partition coefficient (Wildman–Crippen LogP) is 3.73. The fourth-order valence-electron chi connectivity index (χ4n) is 4.88. The fraction of sp³-hybridized carbons (Fsp3) is 0.536. The van der Waals surface area contributed by atoms with Crippen molar-refractivity contribution in [3.8, 4) is 5.75 Å². The number of nitrogens with one attached hydrogen (secondary N) is 1. The molecule has 0 spiro atoms. The molecule has 7 nitrogen and oxygen atoms in total. The van der Waals surface area contributed by atoms with Gasteiger partial charge in [0.1, 0.15) is 12.3 Å². The molecule has 0 bridgehead atoms. The van der Waals surface area contributed by atoms with E-state index in [9.17, 15) is 14.4 Å². The third kappa shape index (κ3) is 7.90. The van der Waals surface area contributed by atoms with Crippen LogP contribution in [0.3, 0.4) is 0 Å². The number of primary amides is 1. The zero-order valence-corrected chi connectivity index (χ0v) is 22.4. The molecule has 1 aromatic heterocycles. The van der Waals surface area contributed by atoms with E-state index in [1.54, 1.807) is 13.8 Å². The molecule has 196 valence electrons. The van der Waals surface area contributed by atoms with Crippen molar-refractivity contribution < 1.29 is 19.1 Å². The Hall–Kier alpha value is -2.71. The van der Waals surface area contributed by atoms with Crippen LogP contribution in [0.25, 0.3) is 0 Å². The number of benzene rings is 1. The lowest BCUT2D eigenvalue weighted by Gasteiger charge is -2.35. The van der Waals surface area contributed by atoms with E-state index < -0.39 is 23.7 Å². The highest BCUT2D eigenvalue weighted by Gasteiger charge is 2.26. The number of fused-ring (bicyclic) bond motifs is 1. The Labute approximate surface area is 218 Å². The summed E-state index contributed by atoms with van der Waals surface area (Å²) in [6.45, 7) is 7.55. The maximum Gasteiger partial charge on any atom is 0.330 e. The first-order valence-electron chi connectivity index (χ1n) is 12.9. The molecule has 2 amide bonds. The second-order valence-corrected chi connectivity index (χ2v) is 10.8. The van der Waals surface area contributed by atoms with Crippen molar-refractivity contribution in [2.45, 2.75) is 65.3 Å². The van der Waals surface area contributed by atoms with Crippen LogP contribution in [0.15, 0.2) is 35.7 Å². The van der Waals surface area contributed by atoms with Crippen LogP contribution in [-0.4, -0.2) is 48.4 Å². The van der Waals surface area contributed by atoms with Crippen molar-refractivity contribution in [3.05, 3.63) is 51.7 Å². The summed E-state index contributed by atoms with van der Waals surface area (Å²) in [7, 11) is 0. The smallest absolute Gasteiger partial charge is 0.330 e. The molecule has 3 N–H and O–H groups in total. The van der Waals surface area contributed by atoms with Crippen LogP contribution < -0.4 is 15.8 Å². The van der Waals surface area contributed by atoms with Crippen LogP contribution in [0.2, 0.25) is 0 Å². The summed E-state index contributed by atoms with van der Waals surface area (Å²) in [5.74, 6) is -1.48. The molecule has 8 heteroatoms. The van der Waals surface area contributed by atoms with Crippen LogP contribution in [-0.2, 0) is 33.6 Å². The lowest BCUT2D eigenvalue weighted by molar-refractivity contribution is -0.136. The fourth-order valence-corrected chi connectivity index (χ4v) is 5.58. The van der Waals surface area contributed by atoms with Gasteiger partial charge >= 0.3 is 5.97 Å². The highest BCUT2D eigenvalue weighted by Crippen LogP contribution is 2.32. The van der Waals surface area contributed by atoms with Crippen LogP contribution in [0.5, 0.6) is 5.75 Å². The summed E-state index contributed by atoms with van der Waals surface area (Å²) in [6, 6.07) is 10.7. The molecule has 1 heterocycles. The molecule has 1 aliphatic rings. The van der Waals surface area contributed by atoms with Crippen LogP contribution >= 0.6 is 11.3 Å². The second kappa shape index (κ2) is 13.6. The molecule has 0 radical (unpaired) electrons. The zero-order valence-electron chi connectivity index (χ0n) is 21.6. The van der Waals surface area contributed by atoms with Crippen LogP contribution in [0.4, 0.5) is 0 Å². The topological polar surface area (TPSA) is 102 Å². The monoisotopic (exact) mass is 513 g/mol. The van der Waals surface area contributed by atoms with Crippen molar-refractivity contribution in [2.24, 2.45) is 17.6 Å². The number of amides is 2. The molecule has 0 saturated carbocycles. The standard InChI is InChI=1S/C28H39N3O4S/c1-4-13-31(14-12-23-8-6-15-36-23)22-10-11-24-21(17-22)7-5-9-25(24)35-26(32)18-30-28(34)20(3)16-19(2)27(29)33/h5-9,15,19-20,22H,4,10-14,16-18H2,1-3H3,(H2,29,33)(H,30,34)/t19?,20?,22-/m0/s1. The molecule has 0 fully saturated rings. The molecular weight excluding hydrogens is 474 g/mol. The Morgan fingerprint density at radius 3 is 2.67 bits per heavy atom. The van der Waals surface area contributed by atoms with Crippen molar-refractivity contribution in [2.75, 3.05) is 19.6 Å². The minimum Gasteiger partial charge on any atom is -0.425 e. The Morgan fingerprint density at radius 2 is 1.97 bits per heavy atom. The Balaban J connectivity index is 1.55. The second-order valence-electron chi connectivity index (χ2n) is 9.79. The van der Waals surface area contributed by atoms with Gasteiger partial charge in [0.05, 0.1) is 0 Å². The summed E-state index contributed by atoms with van der Waals surface area (Å²) >= 11 is 1.82. The van der Waals surface area contributed by atoms with Crippen molar-refractivity contribution >= 4 is 29.1 Å². The highest BCUT2D eigenvalue weighted by molar-refractivity contribution is 7.09. The van der Waals surface area contributed by atoms with Gasteiger partial charge in [-0.3, -0.25) is 14.5 Å². The molecule has 3 rings (SSSR count). The third-order valence-electron chi connectivity index (χ3n) is 6.94. The molecule has 1 aromatic carbocycles. The number of hydrogen-bond donors (Lipinski definition) is 2. The summed E-state index contributed by atoms with van der Waals surface area (Å²) < 4.78 is 5.66. The van der Waals surface area contributed by atoms with Gasteiger partial charge in [0.2, 0.25) is 11.8 Å². The Kier molecular flexibility index (Phi) is 10.5. The van der Waals surface area contributed by atoms with E-state index in [0.717, 1.165) is 50.8 Å². The van der Waals surface area contributed by atoms with Gasteiger partial charge < -0.3 is 15.8 Å². The molecule has 2 aromatic rings. The maximum absolute atomic E-state index is 12.5. The normalized spacial score (nSPS) is 16.7. The summed E-state index contributed by atoms with van der Waals surface area (Å²) in [5, 5.41) is 4.75. The number of nitrogens with two attached hydrogens (primary N) is 1. The lowest BCUT2D eigenvalue weighted by atomic mass is 9.86. The number of carbonyl (C=O) groups is 3. The van der Waals surface area contributed by atoms with E-state index in [-0.39, 0.29) is 12.5 Å². The molecule has 0 aliphatic heterocycles. The highest BCUT2D eigenvalue weighted by atomic mass is 32.1. The quantitative estimate of drug-likeness (QED) is 0.314. The number of esters is 1. The van der Waals surface area contributed by atoms with Gasteiger partial charge in [0.15, 0.2) is 0 Å². The molecule has 36 heavy (non-hydrogen) atoms.